The lowest BCUT2D eigenvalue weighted by Gasteiger charge is -2.32. The fraction of sp³-hybridized carbons (Fsp3) is 0.345. The summed E-state index contributed by atoms with van der Waals surface area (Å²) in [6.07, 6.45) is 6.50. The fourth-order valence-electron chi connectivity index (χ4n) is 4.58. The lowest BCUT2D eigenvalue weighted by molar-refractivity contribution is -0.127. The van der Waals surface area contributed by atoms with Gasteiger partial charge in [0.15, 0.2) is 6.04 Å². The van der Waals surface area contributed by atoms with Crippen LogP contribution in [0.4, 0.5) is 15.8 Å². The molecule has 1 heterocycles. The summed E-state index contributed by atoms with van der Waals surface area (Å²) in [7, 11) is 1.53. The van der Waals surface area contributed by atoms with Gasteiger partial charge in [0, 0.05) is 23.5 Å². The van der Waals surface area contributed by atoms with E-state index < -0.39 is 11.9 Å². The van der Waals surface area contributed by atoms with Gasteiger partial charge in [0.05, 0.1) is 24.9 Å². The Morgan fingerprint density at radius 2 is 1.82 bits per heavy atom. The second-order valence-corrected chi connectivity index (χ2v) is 10.3. The molecule has 1 aliphatic rings. The molecule has 1 saturated carbocycles. The standard InChI is InChI=1S/C29H32FN3O5S/c1-37-24-10-5-9-23(17-24)33(27(35)19-39-18-26(34)31-22-14-12-20(30)13-15-22)28(25-11-6-16-38-25)29(36)32-21-7-3-2-4-8-21/h5-6,9-17,21,28H,2-4,7-8,18-19H2,1H3,(H,31,34)(H,32,36)/t28-/m0/s1. The number of hydrogen-bond acceptors (Lipinski definition) is 6. The molecule has 4 rings (SSSR count). The lowest BCUT2D eigenvalue weighted by Crippen LogP contribution is -2.47. The molecule has 1 fully saturated rings. The summed E-state index contributed by atoms with van der Waals surface area (Å²) in [5.74, 6) is -0.637. The predicted octanol–water partition coefficient (Wildman–Crippen LogP) is 5.32. The highest BCUT2D eigenvalue weighted by atomic mass is 32.2. The number of furan rings is 1. The number of halogens is 1. The van der Waals surface area contributed by atoms with Crippen molar-refractivity contribution in [3.8, 4) is 5.75 Å². The van der Waals surface area contributed by atoms with E-state index in [1.165, 1.54) is 42.5 Å². The van der Waals surface area contributed by atoms with Crippen LogP contribution < -0.4 is 20.3 Å². The minimum atomic E-state index is -1.05. The van der Waals surface area contributed by atoms with Crippen molar-refractivity contribution in [2.45, 2.75) is 44.2 Å². The Bertz CT molecular complexity index is 1250. The van der Waals surface area contributed by atoms with E-state index in [1.54, 1.807) is 36.4 Å². The van der Waals surface area contributed by atoms with Crippen molar-refractivity contribution in [2.24, 2.45) is 0 Å². The lowest BCUT2D eigenvalue weighted by atomic mass is 9.95. The van der Waals surface area contributed by atoms with Crippen LogP contribution in [0.5, 0.6) is 5.75 Å². The molecular formula is C29H32FN3O5S. The maximum absolute atomic E-state index is 13.7. The van der Waals surface area contributed by atoms with Gasteiger partial charge in [0.2, 0.25) is 11.8 Å². The molecule has 0 unspecified atom stereocenters. The van der Waals surface area contributed by atoms with Gasteiger partial charge in [-0.1, -0.05) is 25.3 Å². The van der Waals surface area contributed by atoms with E-state index in [9.17, 15) is 18.8 Å². The molecule has 0 spiro atoms. The first-order valence-corrected chi connectivity index (χ1v) is 14.0. The van der Waals surface area contributed by atoms with Crippen molar-refractivity contribution in [1.82, 2.24) is 5.32 Å². The maximum Gasteiger partial charge on any atom is 0.251 e. The van der Waals surface area contributed by atoms with E-state index in [0.717, 1.165) is 43.9 Å². The van der Waals surface area contributed by atoms with Crippen LogP contribution in [-0.2, 0) is 14.4 Å². The molecule has 8 nitrogen and oxygen atoms in total. The van der Waals surface area contributed by atoms with Crippen LogP contribution >= 0.6 is 11.8 Å². The summed E-state index contributed by atoms with van der Waals surface area (Å²) < 4.78 is 24.2. The monoisotopic (exact) mass is 553 g/mol. The summed E-state index contributed by atoms with van der Waals surface area (Å²) in [6, 6.07) is 14.7. The molecule has 1 aromatic heterocycles. The third-order valence-corrected chi connectivity index (χ3v) is 7.38. The molecule has 206 valence electrons. The van der Waals surface area contributed by atoms with Crippen LogP contribution in [0.15, 0.2) is 71.3 Å². The zero-order chi connectivity index (χ0) is 27.6. The van der Waals surface area contributed by atoms with E-state index in [1.807, 2.05) is 0 Å². The Kier molecular flexibility index (Phi) is 10.0. The number of hydrogen-bond donors (Lipinski definition) is 2. The number of carbonyl (C=O) groups excluding carboxylic acids is 3. The molecule has 0 aliphatic heterocycles. The van der Waals surface area contributed by atoms with Crippen molar-refractivity contribution < 1.29 is 27.9 Å². The number of methoxy groups -OCH3 is 1. The summed E-state index contributed by atoms with van der Waals surface area (Å²) in [5, 5.41) is 5.81. The average molecular weight is 554 g/mol. The number of rotatable bonds is 11. The molecule has 2 N–H and O–H groups in total. The molecule has 0 saturated heterocycles. The second-order valence-electron chi connectivity index (χ2n) is 9.27. The number of thioether (sulfide) groups is 1. The van der Waals surface area contributed by atoms with Gasteiger partial charge in [-0.25, -0.2) is 4.39 Å². The zero-order valence-electron chi connectivity index (χ0n) is 21.7. The molecular weight excluding hydrogens is 521 g/mol. The van der Waals surface area contributed by atoms with Crippen molar-refractivity contribution in [3.05, 3.63) is 78.5 Å². The van der Waals surface area contributed by atoms with Gasteiger partial charge in [-0.15, -0.1) is 11.8 Å². The van der Waals surface area contributed by atoms with Crippen LogP contribution in [0, 0.1) is 5.82 Å². The summed E-state index contributed by atoms with van der Waals surface area (Å²) in [6.45, 7) is 0. The Labute approximate surface area is 231 Å². The van der Waals surface area contributed by atoms with E-state index in [0.29, 0.717) is 22.9 Å². The normalized spacial score (nSPS) is 14.3. The SMILES string of the molecule is COc1cccc(N(C(=O)CSCC(=O)Nc2ccc(F)cc2)[C@H](C(=O)NC2CCCCC2)c2ccco2)c1. The molecule has 39 heavy (non-hydrogen) atoms. The highest BCUT2D eigenvalue weighted by Crippen LogP contribution is 2.32. The second kappa shape index (κ2) is 13.8. The fourth-order valence-corrected chi connectivity index (χ4v) is 5.25. The van der Waals surface area contributed by atoms with Gasteiger partial charge in [0.25, 0.3) is 5.91 Å². The van der Waals surface area contributed by atoms with E-state index in [2.05, 4.69) is 10.6 Å². The first-order chi connectivity index (χ1) is 18.9. The maximum atomic E-state index is 13.7. The van der Waals surface area contributed by atoms with Crippen LogP contribution in [0.3, 0.4) is 0 Å². The van der Waals surface area contributed by atoms with Gasteiger partial charge in [-0.05, 0) is 61.4 Å². The van der Waals surface area contributed by atoms with Crippen molar-refractivity contribution in [2.75, 3.05) is 28.8 Å². The minimum Gasteiger partial charge on any atom is -0.497 e. The molecule has 10 heteroatoms. The van der Waals surface area contributed by atoms with Crippen LogP contribution in [-0.4, -0.2) is 42.4 Å². The van der Waals surface area contributed by atoms with Gasteiger partial charge < -0.3 is 19.8 Å². The highest BCUT2D eigenvalue weighted by molar-refractivity contribution is 8.00. The summed E-state index contributed by atoms with van der Waals surface area (Å²) in [4.78, 5) is 41.2. The molecule has 3 amide bonds. The highest BCUT2D eigenvalue weighted by Gasteiger charge is 2.36. The number of anilines is 2. The number of nitrogens with zero attached hydrogens (tertiary/aromatic N) is 1. The smallest absolute Gasteiger partial charge is 0.251 e. The molecule has 0 radical (unpaired) electrons. The van der Waals surface area contributed by atoms with E-state index >= 15 is 0 Å². The van der Waals surface area contributed by atoms with Crippen LogP contribution in [0.1, 0.15) is 43.9 Å². The average Bonchev–Trinajstić information content (AvgIpc) is 3.48. The van der Waals surface area contributed by atoms with Crippen LogP contribution in [0.25, 0.3) is 0 Å². The third-order valence-electron chi connectivity index (χ3n) is 6.46. The van der Waals surface area contributed by atoms with Crippen molar-refractivity contribution in [1.29, 1.82) is 0 Å². The van der Waals surface area contributed by atoms with Gasteiger partial charge >= 0.3 is 0 Å². The van der Waals surface area contributed by atoms with Gasteiger partial charge in [0.1, 0.15) is 17.3 Å². The van der Waals surface area contributed by atoms with Gasteiger partial charge in [-0.3, -0.25) is 19.3 Å². The molecule has 2 aromatic carbocycles. The Hall–Kier alpha value is -3.79. The van der Waals surface area contributed by atoms with Gasteiger partial charge in [-0.2, -0.15) is 0 Å². The summed E-state index contributed by atoms with van der Waals surface area (Å²) >= 11 is 1.12. The Balaban J connectivity index is 1.53. The molecule has 3 aromatic rings. The number of nitrogens with one attached hydrogen (secondary N) is 2. The van der Waals surface area contributed by atoms with Crippen molar-refractivity contribution >= 4 is 40.9 Å². The molecule has 1 atom stereocenters. The largest absolute Gasteiger partial charge is 0.497 e. The number of carbonyl (C=O) groups is 3. The number of ether oxygens (including phenoxy) is 1. The first-order valence-electron chi connectivity index (χ1n) is 12.9. The third kappa shape index (κ3) is 7.86. The topological polar surface area (TPSA) is 101 Å². The Morgan fingerprint density at radius 1 is 1.05 bits per heavy atom. The molecule has 0 bridgehead atoms. The zero-order valence-corrected chi connectivity index (χ0v) is 22.5. The van der Waals surface area contributed by atoms with Crippen molar-refractivity contribution in [3.63, 3.8) is 0 Å². The number of benzene rings is 2. The van der Waals surface area contributed by atoms with Crippen LogP contribution in [0.2, 0.25) is 0 Å². The molecule has 1 aliphatic carbocycles. The quantitative estimate of drug-likeness (QED) is 0.333. The summed E-state index contributed by atoms with van der Waals surface area (Å²) in [5.41, 5.74) is 0.930. The minimum absolute atomic E-state index is 0.00520. The van der Waals surface area contributed by atoms with E-state index in [-0.39, 0.29) is 35.3 Å². The van der Waals surface area contributed by atoms with E-state index in [4.69, 9.17) is 9.15 Å². The first kappa shape index (κ1) is 28.2. The Morgan fingerprint density at radius 3 is 2.51 bits per heavy atom. The number of amides is 3. The predicted molar refractivity (Wildman–Crippen MR) is 149 cm³/mol.